The molecule has 2 fully saturated rings. The normalized spacial score (nSPS) is 26.8. The van der Waals surface area contributed by atoms with Crippen molar-refractivity contribution >= 4 is 6.03 Å². The van der Waals surface area contributed by atoms with E-state index in [-0.39, 0.29) is 11.4 Å². The Bertz CT molecular complexity index is 273. The lowest BCUT2D eigenvalue weighted by Crippen LogP contribution is -2.40. The zero-order valence-electron chi connectivity index (χ0n) is 10.3. The molecule has 0 bridgehead atoms. The average molecular weight is 225 g/mol. The van der Waals surface area contributed by atoms with E-state index in [9.17, 15) is 4.79 Å². The summed E-state index contributed by atoms with van der Waals surface area (Å²) in [4.78, 5) is 13.7. The zero-order valence-corrected chi connectivity index (χ0v) is 10.3. The van der Waals surface area contributed by atoms with Crippen molar-refractivity contribution in [1.82, 2.24) is 10.2 Å². The Balaban J connectivity index is 1.89. The van der Waals surface area contributed by atoms with Crippen molar-refractivity contribution in [1.29, 1.82) is 0 Å². The molecule has 2 rings (SSSR count). The van der Waals surface area contributed by atoms with E-state index in [1.54, 1.807) is 0 Å². The molecule has 1 unspecified atom stereocenters. The zero-order chi connectivity index (χ0) is 11.8. The number of carbonyl (C=O) groups excluding carboxylic acids is 1. The van der Waals surface area contributed by atoms with Crippen molar-refractivity contribution in [3.8, 4) is 0 Å². The molecular formula is C12H23N3O. The molecule has 1 heterocycles. The number of rotatable bonds is 4. The van der Waals surface area contributed by atoms with E-state index in [0.29, 0.717) is 12.6 Å². The van der Waals surface area contributed by atoms with E-state index in [1.165, 1.54) is 19.3 Å². The number of nitrogens with zero attached hydrogens (tertiary/aromatic N) is 1. The topological polar surface area (TPSA) is 58.4 Å². The molecule has 0 spiro atoms. The highest BCUT2D eigenvalue weighted by molar-refractivity contribution is 5.77. The fourth-order valence-corrected chi connectivity index (χ4v) is 2.44. The molecule has 0 aromatic rings. The SMILES string of the molecule is CC(C)(CN)CN1CC(C2CCC2)NC1=O. The van der Waals surface area contributed by atoms with Gasteiger partial charge in [0.2, 0.25) is 0 Å². The van der Waals surface area contributed by atoms with E-state index in [2.05, 4.69) is 19.2 Å². The van der Waals surface area contributed by atoms with Gasteiger partial charge in [0.05, 0.1) is 6.04 Å². The summed E-state index contributed by atoms with van der Waals surface area (Å²) >= 11 is 0. The fourth-order valence-electron chi connectivity index (χ4n) is 2.44. The van der Waals surface area contributed by atoms with Gasteiger partial charge in [-0.2, -0.15) is 0 Å². The molecule has 3 N–H and O–H groups in total. The lowest BCUT2D eigenvalue weighted by Gasteiger charge is -2.31. The Hall–Kier alpha value is -0.770. The summed E-state index contributed by atoms with van der Waals surface area (Å²) in [6.07, 6.45) is 3.88. The number of carbonyl (C=O) groups is 1. The second kappa shape index (κ2) is 4.24. The quantitative estimate of drug-likeness (QED) is 0.754. The molecule has 1 saturated heterocycles. The first-order chi connectivity index (χ1) is 7.52. The predicted octanol–water partition coefficient (Wildman–Crippen LogP) is 1.17. The fraction of sp³-hybridized carbons (Fsp3) is 0.917. The average Bonchev–Trinajstić information content (AvgIpc) is 2.44. The van der Waals surface area contributed by atoms with E-state index < -0.39 is 0 Å². The van der Waals surface area contributed by atoms with Gasteiger partial charge in [0.25, 0.3) is 0 Å². The summed E-state index contributed by atoms with van der Waals surface area (Å²) in [5.74, 6) is 0.718. The van der Waals surface area contributed by atoms with Crippen LogP contribution in [0.2, 0.25) is 0 Å². The standard InChI is InChI=1S/C12H23N3O/c1-12(2,7-13)8-15-6-10(14-11(15)16)9-4-3-5-9/h9-10H,3-8,13H2,1-2H3,(H,14,16). The van der Waals surface area contributed by atoms with Crippen LogP contribution >= 0.6 is 0 Å². The third-order valence-electron chi connectivity index (χ3n) is 3.90. The van der Waals surface area contributed by atoms with Gasteiger partial charge in [-0.15, -0.1) is 0 Å². The molecule has 0 aromatic heterocycles. The molecule has 0 aromatic carbocycles. The van der Waals surface area contributed by atoms with Crippen LogP contribution in [0.1, 0.15) is 33.1 Å². The van der Waals surface area contributed by atoms with Crippen LogP contribution in [-0.4, -0.2) is 36.6 Å². The maximum Gasteiger partial charge on any atom is 0.317 e. The van der Waals surface area contributed by atoms with Crippen molar-refractivity contribution in [3.05, 3.63) is 0 Å². The van der Waals surface area contributed by atoms with Gasteiger partial charge in [-0.1, -0.05) is 20.3 Å². The van der Waals surface area contributed by atoms with Gasteiger partial charge < -0.3 is 16.0 Å². The van der Waals surface area contributed by atoms with Crippen LogP contribution in [0.3, 0.4) is 0 Å². The van der Waals surface area contributed by atoms with Crippen LogP contribution in [0.15, 0.2) is 0 Å². The van der Waals surface area contributed by atoms with Gasteiger partial charge in [0.1, 0.15) is 0 Å². The van der Waals surface area contributed by atoms with Gasteiger partial charge in [-0.25, -0.2) is 4.79 Å². The monoisotopic (exact) mass is 225 g/mol. The van der Waals surface area contributed by atoms with Crippen LogP contribution in [0, 0.1) is 11.3 Å². The Labute approximate surface area is 97.6 Å². The van der Waals surface area contributed by atoms with Crippen molar-refractivity contribution < 1.29 is 4.79 Å². The van der Waals surface area contributed by atoms with Crippen molar-refractivity contribution in [3.63, 3.8) is 0 Å². The molecule has 1 atom stereocenters. The maximum atomic E-state index is 11.8. The molecule has 1 aliphatic carbocycles. The summed E-state index contributed by atoms with van der Waals surface area (Å²) in [6, 6.07) is 0.480. The largest absolute Gasteiger partial charge is 0.333 e. The minimum absolute atomic E-state index is 0.0197. The van der Waals surface area contributed by atoms with Crippen LogP contribution in [-0.2, 0) is 0 Å². The van der Waals surface area contributed by atoms with Gasteiger partial charge in [-0.05, 0) is 30.7 Å². The molecule has 92 valence electrons. The lowest BCUT2D eigenvalue weighted by molar-refractivity contribution is 0.187. The van der Waals surface area contributed by atoms with Gasteiger partial charge in [0.15, 0.2) is 0 Å². The second-order valence-corrected chi connectivity index (χ2v) is 6.00. The Morgan fingerprint density at radius 1 is 1.50 bits per heavy atom. The van der Waals surface area contributed by atoms with Gasteiger partial charge in [0, 0.05) is 13.1 Å². The van der Waals surface area contributed by atoms with Crippen LogP contribution in [0.4, 0.5) is 4.79 Å². The summed E-state index contributed by atoms with van der Waals surface area (Å²) in [5, 5.41) is 3.10. The first kappa shape index (κ1) is 11.7. The molecule has 2 aliphatic rings. The third kappa shape index (κ3) is 2.32. The van der Waals surface area contributed by atoms with Gasteiger partial charge >= 0.3 is 6.03 Å². The Kier molecular flexibility index (Phi) is 3.10. The second-order valence-electron chi connectivity index (χ2n) is 6.00. The minimum atomic E-state index is 0.0197. The van der Waals surface area contributed by atoms with Crippen LogP contribution in [0.25, 0.3) is 0 Å². The molecule has 2 amide bonds. The maximum absolute atomic E-state index is 11.8. The van der Waals surface area contributed by atoms with E-state index in [1.807, 2.05) is 4.90 Å². The Morgan fingerprint density at radius 3 is 2.69 bits per heavy atom. The highest BCUT2D eigenvalue weighted by Crippen LogP contribution is 2.32. The van der Waals surface area contributed by atoms with Crippen molar-refractivity contribution in [2.75, 3.05) is 19.6 Å². The first-order valence-corrected chi connectivity index (χ1v) is 6.27. The highest BCUT2D eigenvalue weighted by Gasteiger charge is 2.38. The molecule has 16 heavy (non-hydrogen) atoms. The lowest BCUT2D eigenvalue weighted by atomic mass is 9.80. The molecule has 1 aliphatic heterocycles. The molecule has 4 nitrogen and oxygen atoms in total. The number of nitrogens with one attached hydrogen (secondary N) is 1. The highest BCUT2D eigenvalue weighted by atomic mass is 16.2. The Morgan fingerprint density at radius 2 is 2.19 bits per heavy atom. The van der Waals surface area contributed by atoms with E-state index >= 15 is 0 Å². The first-order valence-electron chi connectivity index (χ1n) is 6.27. The number of urea groups is 1. The molecule has 1 saturated carbocycles. The smallest absolute Gasteiger partial charge is 0.317 e. The van der Waals surface area contributed by atoms with Crippen LogP contribution in [0.5, 0.6) is 0 Å². The van der Waals surface area contributed by atoms with Crippen molar-refractivity contribution in [2.45, 2.75) is 39.2 Å². The number of nitrogens with two attached hydrogens (primary N) is 1. The number of amides is 2. The minimum Gasteiger partial charge on any atom is -0.333 e. The predicted molar refractivity (Wildman–Crippen MR) is 64.1 cm³/mol. The van der Waals surface area contributed by atoms with Gasteiger partial charge in [-0.3, -0.25) is 0 Å². The summed E-state index contributed by atoms with van der Waals surface area (Å²) in [7, 11) is 0. The number of hydrogen-bond acceptors (Lipinski definition) is 2. The summed E-state index contributed by atoms with van der Waals surface area (Å²) in [6.45, 7) is 6.46. The van der Waals surface area contributed by atoms with Crippen LogP contribution < -0.4 is 11.1 Å². The number of hydrogen-bond donors (Lipinski definition) is 2. The molecule has 4 heteroatoms. The summed E-state index contributed by atoms with van der Waals surface area (Å²) in [5.41, 5.74) is 5.72. The molecule has 0 radical (unpaired) electrons. The molecular weight excluding hydrogens is 202 g/mol. The van der Waals surface area contributed by atoms with E-state index in [4.69, 9.17) is 5.73 Å². The third-order valence-corrected chi connectivity index (χ3v) is 3.90. The van der Waals surface area contributed by atoms with E-state index in [0.717, 1.165) is 19.0 Å². The van der Waals surface area contributed by atoms with Crippen molar-refractivity contribution in [2.24, 2.45) is 17.1 Å². The summed E-state index contributed by atoms with van der Waals surface area (Å²) < 4.78 is 0.